The number of halogens is 1. The Morgan fingerprint density at radius 1 is 1.12 bits per heavy atom. The number of amides is 1. The summed E-state index contributed by atoms with van der Waals surface area (Å²) < 4.78 is 26.4. The molecule has 0 unspecified atom stereocenters. The molecule has 0 bridgehead atoms. The van der Waals surface area contributed by atoms with E-state index >= 15 is 0 Å². The summed E-state index contributed by atoms with van der Waals surface area (Å²) in [5.41, 5.74) is 1.27. The Morgan fingerprint density at radius 3 is 2.33 bits per heavy atom. The fourth-order valence-electron chi connectivity index (χ4n) is 2.12. The second kappa shape index (κ2) is 7.46. The van der Waals surface area contributed by atoms with Gasteiger partial charge in [0.05, 0.1) is 10.9 Å². The molecule has 0 radical (unpaired) electrons. The molecule has 2 aromatic rings. The van der Waals surface area contributed by atoms with Crippen molar-refractivity contribution in [3.05, 3.63) is 64.1 Å². The number of nitrogens with one attached hydrogen (secondary N) is 1. The van der Waals surface area contributed by atoms with Crippen LogP contribution in [0.25, 0.3) is 0 Å². The summed E-state index contributed by atoms with van der Waals surface area (Å²) in [6.45, 7) is 1.88. The van der Waals surface area contributed by atoms with Gasteiger partial charge in [0.25, 0.3) is 5.91 Å². The standard InChI is InChI=1S/C17H19BrN2O3S/c1-12(13-7-9-15(18)10-8-13)19-17(21)14-5-4-6-16(11-14)24(22,23)20(2)3/h4-12H,1-3H3,(H,19,21)/t12-/m0/s1. The summed E-state index contributed by atoms with van der Waals surface area (Å²) in [6.07, 6.45) is 0. The average Bonchev–Trinajstić information content (AvgIpc) is 2.55. The second-order valence-electron chi connectivity index (χ2n) is 5.56. The highest BCUT2D eigenvalue weighted by molar-refractivity contribution is 9.10. The third-order valence-electron chi connectivity index (χ3n) is 3.59. The summed E-state index contributed by atoms with van der Waals surface area (Å²) >= 11 is 3.37. The van der Waals surface area contributed by atoms with Gasteiger partial charge in [-0.15, -0.1) is 0 Å². The van der Waals surface area contributed by atoms with Crippen LogP contribution in [-0.4, -0.2) is 32.7 Å². The Labute approximate surface area is 150 Å². The summed E-state index contributed by atoms with van der Waals surface area (Å²) in [6, 6.07) is 13.5. The molecule has 0 aromatic heterocycles. The van der Waals surface area contributed by atoms with E-state index in [9.17, 15) is 13.2 Å². The zero-order valence-electron chi connectivity index (χ0n) is 13.7. The molecule has 0 saturated heterocycles. The fraction of sp³-hybridized carbons (Fsp3) is 0.235. The fourth-order valence-corrected chi connectivity index (χ4v) is 3.34. The number of hydrogen-bond donors (Lipinski definition) is 1. The zero-order chi connectivity index (χ0) is 17.9. The molecule has 1 N–H and O–H groups in total. The van der Waals surface area contributed by atoms with E-state index in [1.165, 1.54) is 26.2 Å². The topological polar surface area (TPSA) is 66.5 Å². The van der Waals surface area contributed by atoms with Crippen LogP contribution in [0.1, 0.15) is 28.9 Å². The second-order valence-corrected chi connectivity index (χ2v) is 8.63. The maximum Gasteiger partial charge on any atom is 0.251 e. The molecular weight excluding hydrogens is 392 g/mol. The van der Waals surface area contributed by atoms with Gasteiger partial charge in [0.2, 0.25) is 10.0 Å². The predicted octanol–water partition coefficient (Wildman–Crippen LogP) is 3.19. The van der Waals surface area contributed by atoms with E-state index in [4.69, 9.17) is 0 Å². The highest BCUT2D eigenvalue weighted by atomic mass is 79.9. The van der Waals surface area contributed by atoms with Gasteiger partial charge in [-0.3, -0.25) is 4.79 Å². The normalized spacial score (nSPS) is 12.9. The van der Waals surface area contributed by atoms with Crippen molar-refractivity contribution in [2.45, 2.75) is 17.9 Å². The highest BCUT2D eigenvalue weighted by Gasteiger charge is 2.19. The quantitative estimate of drug-likeness (QED) is 0.822. The molecule has 0 aliphatic rings. The van der Waals surface area contributed by atoms with Crippen molar-refractivity contribution in [2.24, 2.45) is 0 Å². The minimum absolute atomic E-state index is 0.0939. The van der Waals surface area contributed by atoms with E-state index in [1.54, 1.807) is 12.1 Å². The highest BCUT2D eigenvalue weighted by Crippen LogP contribution is 2.18. The molecule has 2 aromatic carbocycles. The number of nitrogens with zero attached hydrogens (tertiary/aromatic N) is 1. The number of benzene rings is 2. The van der Waals surface area contributed by atoms with E-state index in [1.807, 2.05) is 31.2 Å². The number of carbonyl (C=O) groups excluding carboxylic acids is 1. The van der Waals surface area contributed by atoms with Crippen LogP contribution >= 0.6 is 15.9 Å². The molecule has 0 heterocycles. The van der Waals surface area contributed by atoms with Crippen molar-refractivity contribution in [2.75, 3.05) is 14.1 Å². The lowest BCUT2D eigenvalue weighted by atomic mass is 10.1. The van der Waals surface area contributed by atoms with Crippen molar-refractivity contribution < 1.29 is 13.2 Å². The van der Waals surface area contributed by atoms with Crippen molar-refractivity contribution >= 4 is 31.9 Å². The molecule has 0 spiro atoms. The lowest BCUT2D eigenvalue weighted by molar-refractivity contribution is 0.0939. The van der Waals surface area contributed by atoms with Crippen LogP contribution in [0.5, 0.6) is 0 Å². The maximum atomic E-state index is 12.4. The first kappa shape index (κ1) is 18.6. The minimum atomic E-state index is -3.57. The van der Waals surface area contributed by atoms with E-state index in [-0.39, 0.29) is 16.8 Å². The Morgan fingerprint density at radius 2 is 1.75 bits per heavy atom. The van der Waals surface area contributed by atoms with Crippen LogP contribution in [0.3, 0.4) is 0 Å². The van der Waals surface area contributed by atoms with Gasteiger partial charge in [0.1, 0.15) is 0 Å². The Balaban J connectivity index is 2.20. The SMILES string of the molecule is C[C@H](NC(=O)c1cccc(S(=O)(=O)N(C)C)c1)c1ccc(Br)cc1. The van der Waals surface area contributed by atoms with E-state index < -0.39 is 10.0 Å². The third-order valence-corrected chi connectivity index (χ3v) is 5.93. The van der Waals surface area contributed by atoms with Gasteiger partial charge < -0.3 is 5.32 Å². The molecule has 1 amide bonds. The molecule has 0 saturated carbocycles. The first-order valence-electron chi connectivity index (χ1n) is 7.31. The molecule has 2 rings (SSSR count). The van der Waals surface area contributed by atoms with Gasteiger partial charge in [-0.1, -0.05) is 34.1 Å². The molecule has 1 atom stereocenters. The maximum absolute atomic E-state index is 12.4. The molecule has 24 heavy (non-hydrogen) atoms. The van der Waals surface area contributed by atoms with Crippen molar-refractivity contribution in [1.82, 2.24) is 9.62 Å². The van der Waals surface area contributed by atoms with Crippen molar-refractivity contribution in [3.8, 4) is 0 Å². The molecule has 0 fully saturated rings. The number of rotatable bonds is 5. The molecule has 128 valence electrons. The lowest BCUT2D eigenvalue weighted by Crippen LogP contribution is -2.27. The third kappa shape index (κ3) is 4.23. The number of sulfonamides is 1. The van der Waals surface area contributed by atoms with Crippen LogP contribution < -0.4 is 5.32 Å². The van der Waals surface area contributed by atoms with Gasteiger partial charge in [-0.05, 0) is 42.8 Å². The number of carbonyl (C=O) groups is 1. The molecule has 5 nitrogen and oxygen atoms in total. The van der Waals surface area contributed by atoms with Crippen LogP contribution in [0, 0.1) is 0 Å². The largest absolute Gasteiger partial charge is 0.346 e. The zero-order valence-corrected chi connectivity index (χ0v) is 16.1. The average molecular weight is 411 g/mol. The molecule has 7 heteroatoms. The van der Waals surface area contributed by atoms with Crippen LogP contribution in [0.15, 0.2) is 57.9 Å². The Hall–Kier alpha value is -1.70. The smallest absolute Gasteiger partial charge is 0.251 e. The van der Waals surface area contributed by atoms with Crippen LogP contribution in [-0.2, 0) is 10.0 Å². The summed E-state index contributed by atoms with van der Waals surface area (Å²) in [5, 5.41) is 2.88. The number of hydrogen-bond acceptors (Lipinski definition) is 3. The van der Waals surface area contributed by atoms with Crippen LogP contribution in [0.2, 0.25) is 0 Å². The molecular formula is C17H19BrN2O3S. The molecule has 0 aliphatic carbocycles. The van der Waals surface area contributed by atoms with Gasteiger partial charge in [0.15, 0.2) is 0 Å². The monoisotopic (exact) mass is 410 g/mol. The lowest BCUT2D eigenvalue weighted by Gasteiger charge is -2.16. The van der Waals surface area contributed by atoms with E-state index in [0.717, 1.165) is 14.3 Å². The minimum Gasteiger partial charge on any atom is -0.346 e. The predicted molar refractivity (Wildman–Crippen MR) is 97.3 cm³/mol. The van der Waals surface area contributed by atoms with Gasteiger partial charge in [0, 0.05) is 24.1 Å². The van der Waals surface area contributed by atoms with Gasteiger partial charge in [-0.25, -0.2) is 12.7 Å². The van der Waals surface area contributed by atoms with E-state index in [2.05, 4.69) is 21.2 Å². The van der Waals surface area contributed by atoms with Gasteiger partial charge >= 0.3 is 0 Å². The summed E-state index contributed by atoms with van der Waals surface area (Å²) in [7, 11) is -0.658. The van der Waals surface area contributed by atoms with Crippen LogP contribution in [0.4, 0.5) is 0 Å². The van der Waals surface area contributed by atoms with Gasteiger partial charge in [-0.2, -0.15) is 0 Å². The van der Waals surface area contributed by atoms with Crippen molar-refractivity contribution in [1.29, 1.82) is 0 Å². The summed E-state index contributed by atoms with van der Waals surface area (Å²) in [5.74, 6) is -0.318. The first-order valence-corrected chi connectivity index (χ1v) is 9.54. The Bertz CT molecular complexity index is 833. The first-order chi connectivity index (χ1) is 11.2. The molecule has 0 aliphatic heterocycles. The summed E-state index contributed by atoms with van der Waals surface area (Å²) in [4.78, 5) is 12.5. The van der Waals surface area contributed by atoms with E-state index in [0.29, 0.717) is 5.56 Å². The Kier molecular flexibility index (Phi) is 5.79. The van der Waals surface area contributed by atoms with Crippen molar-refractivity contribution in [3.63, 3.8) is 0 Å².